The second kappa shape index (κ2) is 8.65. The molecular weight excluding hydrogens is 429 g/mol. The Morgan fingerprint density at radius 3 is 2.84 bits per heavy atom. The summed E-state index contributed by atoms with van der Waals surface area (Å²) in [5.74, 6) is -1.00. The van der Waals surface area contributed by atoms with Crippen molar-refractivity contribution in [1.29, 1.82) is 0 Å². The molecule has 3 heterocycles. The number of aliphatic hydroxyl groups is 1. The zero-order valence-electron chi connectivity index (χ0n) is 18.0. The van der Waals surface area contributed by atoms with Crippen LogP contribution in [0.4, 0.5) is 13.2 Å². The van der Waals surface area contributed by atoms with E-state index in [0.29, 0.717) is 24.8 Å². The van der Waals surface area contributed by atoms with Crippen LogP contribution in [0.3, 0.4) is 0 Å². The molecule has 1 saturated heterocycles. The first-order chi connectivity index (χ1) is 14.6. The number of aryl methyl sites for hydroxylation is 1. The number of ether oxygens (including phenoxy) is 1. The average Bonchev–Trinajstić information content (AvgIpc) is 3.12. The Labute approximate surface area is 184 Å². The molecule has 9 heteroatoms. The van der Waals surface area contributed by atoms with Crippen LogP contribution < -0.4 is 5.32 Å². The number of aliphatic hydroxyl groups excluding tert-OH is 1. The van der Waals surface area contributed by atoms with Crippen molar-refractivity contribution < 1.29 is 27.8 Å². The molecule has 31 heavy (non-hydrogen) atoms. The van der Waals surface area contributed by atoms with Crippen LogP contribution >= 0.6 is 11.3 Å². The van der Waals surface area contributed by atoms with Crippen LogP contribution in [0.1, 0.15) is 54.8 Å². The minimum Gasteiger partial charge on any atom is -0.376 e. The van der Waals surface area contributed by atoms with Crippen LogP contribution in [0.25, 0.3) is 0 Å². The normalized spacial score (nSPS) is 32.4. The minimum atomic E-state index is -4.92. The van der Waals surface area contributed by atoms with E-state index >= 15 is 0 Å². The lowest BCUT2D eigenvalue weighted by Crippen LogP contribution is -2.55. The van der Waals surface area contributed by atoms with E-state index in [-0.39, 0.29) is 11.6 Å². The summed E-state index contributed by atoms with van der Waals surface area (Å²) >= 11 is 1.92. The van der Waals surface area contributed by atoms with Gasteiger partial charge in [0.2, 0.25) is 6.10 Å². The van der Waals surface area contributed by atoms with E-state index in [4.69, 9.17) is 9.84 Å². The summed E-state index contributed by atoms with van der Waals surface area (Å²) in [6.07, 6.45) is -2.62. The van der Waals surface area contributed by atoms with Crippen molar-refractivity contribution in [3.8, 4) is 0 Å². The molecule has 1 saturated carbocycles. The third-order valence-electron chi connectivity index (χ3n) is 7.09. The number of nitrogens with one attached hydrogen (secondary N) is 1. The van der Waals surface area contributed by atoms with E-state index in [1.54, 1.807) is 0 Å². The van der Waals surface area contributed by atoms with Gasteiger partial charge in [0.15, 0.2) is 0 Å². The molecule has 1 amide bonds. The van der Waals surface area contributed by atoms with Crippen LogP contribution in [-0.2, 0) is 28.0 Å². The molecule has 3 aliphatic rings. The van der Waals surface area contributed by atoms with E-state index in [1.165, 1.54) is 15.3 Å². The molecule has 2 N–H and O–H groups in total. The van der Waals surface area contributed by atoms with Crippen LogP contribution in [0.5, 0.6) is 0 Å². The van der Waals surface area contributed by atoms with Crippen LogP contribution in [-0.4, -0.2) is 60.0 Å². The number of nitrogens with zero attached hydrogens (tertiary/aromatic N) is 1. The van der Waals surface area contributed by atoms with E-state index < -0.39 is 18.2 Å². The van der Waals surface area contributed by atoms with Gasteiger partial charge >= 0.3 is 6.18 Å². The molecular formula is C22H31F3N2O3S. The molecule has 1 aromatic heterocycles. The van der Waals surface area contributed by atoms with Crippen molar-refractivity contribution in [2.24, 2.45) is 5.92 Å². The highest BCUT2D eigenvalue weighted by atomic mass is 32.1. The van der Waals surface area contributed by atoms with E-state index in [1.807, 2.05) is 11.3 Å². The Bertz CT molecular complexity index is 808. The second-order valence-electron chi connectivity index (χ2n) is 9.28. The number of hydrogen-bond donors (Lipinski definition) is 2. The monoisotopic (exact) mass is 460 g/mol. The van der Waals surface area contributed by atoms with Gasteiger partial charge in [-0.15, -0.1) is 11.3 Å². The number of halogens is 3. The van der Waals surface area contributed by atoms with Gasteiger partial charge in [0, 0.05) is 41.3 Å². The SMILES string of the molecule is CCc1cc2c(s1)CCO[C@@]21CCN(CC2CC(NC(=O)C(O)C(F)(F)F)C2)[C@@H](C)C1. The summed E-state index contributed by atoms with van der Waals surface area (Å²) < 4.78 is 43.7. The first-order valence-corrected chi connectivity index (χ1v) is 12.0. The molecule has 3 atom stereocenters. The summed E-state index contributed by atoms with van der Waals surface area (Å²) in [6, 6.07) is 2.41. The number of piperidine rings is 1. The van der Waals surface area contributed by atoms with E-state index in [2.05, 4.69) is 30.1 Å². The first-order valence-electron chi connectivity index (χ1n) is 11.2. The van der Waals surface area contributed by atoms with Crippen LogP contribution in [0, 0.1) is 5.92 Å². The second-order valence-corrected chi connectivity index (χ2v) is 10.5. The Morgan fingerprint density at radius 1 is 1.45 bits per heavy atom. The summed E-state index contributed by atoms with van der Waals surface area (Å²) in [6.45, 7) is 7.00. The fourth-order valence-electron chi connectivity index (χ4n) is 5.31. The number of hydrogen-bond acceptors (Lipinski definition) is 5. The molecule has 1 unspecified atom stereocenters. The third-order valence-corrected chi connectivity index (χ3v) is 8.43. The van der Waals surface area contributed by atoms with Crippen molar-refractivity contribution in [2.45, 2.75) is 82.3 Å². The van der Waals surface area contributed by atoms with E-state index in [0.717, 1.165) is 45.4 Å². The van der Waals surface area contributed by atoms with Gasteiger partial charge in [-0.1, -0.05) is 6.92 Å². The Morgan fingerprint density at radius 2 is 2.19 bits per heavy atom. The molecule has 174 valence electrons. The lowest BCUT2D eigenvalue weighted by atomic mass is 9.76. The van der Waals surface area contributed by atoms with Crippen molar-refractivity contribution >= 4 is 17.2 Å². The predicted molar refractivity (Wildman–Crippen MR) is 112 cm³/mol. The van der Waals surface area contributed by atoms with Crippen molar-refractivity contribution in [3.05, 3.63) is 21.4 Å². The smallest absolute Gasteiger partial charge is 0.376 e. The van der Waals surface area contributed by atoms with Crippen LogP contribution in [0.15, 0.2) is 6.07 Å². The van der Waals surface area contributed by atoms with Gasteiger partial charge in [0.05, 0.1) is 12.2 Å². The lowest BCUT2D eigenvalue weighted by Gasteiger charge is -2.49. The molecule has 4 rings (SSSR count). The third kappa shape index (κ3) is 4.65. The molecule has 1 aliphatic carbocycles. The van der Waals surface area contributed by atoms with E-state index in [9.17, 15) is 18.0 Å². The lowest BCUT2D eigenvalue weighted by molar-refractivity contribution is -0.205. The van der Waals surface area contributed by atoms with Gasteiger partial charge in [-0.2, -0.15) is 13.2 Å². The number of fused-ring (bicyclic) bond motifs is 2. The minimum absolute atomic E-state index is 0.183. The highest BCUT2D eigenvalue weighted by Gasteiger charge is 2.47. The fourth-order valence-corrected chi connectivity index (χ4v) is 6.49. The highest BCUT2D eigenvalue weighted by molar-refractivity contribution is 7.12. The molecule has 5 nitrogen and oxygen atoms in total. The van der Waals surface area contributed by atoms with Gasteiger partial charge in [-0.25, -0.2) is 0 Å². The van der Waals surface area contributed by atoms with Gasteiger partial charge in [-0.3, -0.25) is 4.79 Å². The number of amides is 1. The molecule has 2 aliphatic heterocycles. The maximum atomic E-state index is 12.4. The summed E-state index contributed by atoms with van der Waals surface area (Å²) in [7, 11) is 0. The number of alkyl halides is 3. The Hall–Kier alpha value is -1.16. The van der Waals surface area contributed by atoms with Crippen LogP contribution in [0.2, 0.25) is 0 Å². The Balaban J connectivity index is 1.28. The van der Waals surface area contributed by atoms with Gasteiger partial charge < -0.3 is 20.1 Å². The maximum Gasteiger partial charge on any atom is 0.423 e. The average molecular weight is 461 g/mol. The van der Waals surface area contributed by atoms with Crippen molar-refractivity contribution in [1.82, 2.24) is 10.2 Å². The molecule has 1 spiro atoms. The largest absolute Gasteiger partial charge is 0.423 e. The number of thiophene rings is 1. The molecule has 0 radical (unpaired) electrons. The molecule has 1 aromatic rings. The first kappa shape index (κ1) is 23.0. The maximum absolute atomic E-state index is 12.4. The quantitative estimate of drug-likeness (QED) is 0.707. The zero-order chi connectivity index (χ0) is 22.4. The number of rotatable bonds is 5. The summed E-state index contributed by atoms with van der Waals surface area (Å²) in [5.41, 5.74) is 1.21. The van der Waals surface area contributed by atoms with Gasteiger partial charge in [-0.05, 0) is 56.6 Å². The number of carbonyl (C=O) groups is 1. The highest BCUT2D eigenvalue weighted by Crippen LogP contribution is 2.46. The summed E-state index contributed by atoms with van der Waals surface area (Å²) in [4.78, 5) is 16.9. The number of carbonyl (C=O) groups excluding carboxylic acids is 1. The van der Waals surface area contributed by atoms with Gasteiger partial charge in [0.1, 0.15) is 0 Å². The summed E-state index contributed by atoms with van der Waals surface area (Å²) in [5, 5.41) is 11.4. The topological polar surface area (TPSA) is 61.8 Å². The van der Waals surface area contributed by atoms with Gasteiger partial charge in [0.25, 0.3) is 5.91 Å². The van der Waals surface area contributed by atoms with Crippen molar-refractivity contribution in [3.63, 3.8) is 0 Å². The predicted octanol–water partition coefficient (Wildman–Crippen LogP) is 3.38. The molecule has 0 bridgehead atoms. The molecule has 0 aromatic carbocycles. The number of likely N-dealkylation sites (tertiary alicyclic amines) is 1. The standard InChI is InChI=1S/C22H31F3N2O3S/c1-3-16-10-17-18(31-16)4-7-30-21(17)5-6-27(13(2)11-21)12-14-8-15(9-14)26-20(29)19(28)22(23,24)25/h10,13-15,19,28H,3-9,11-12H2,1-2H3,(H,26,29)/t13-,14?,15?,19?,21+/m0/s1. The zero-order valence-corrected chi connectivity index (χ0v) is 18.8. The fraction of sp³-hybridized carbons (Fsp3) is 0.773. The molecule has 2 fully saturated rings. The Kier molecular flexibility index (Phi) is 6.42. The van der Waals surface area contributed by atoms with Crippen molar-refractivity contribution in [2.75, 3.05) is 19.7 Å².